The van der Waals surface area contributed by atoms with Crippen molar-refractivity contribution in [1.82, 2.24) is 10.7 Å². The molecule has 5 heteroatoms. The quantitative estimate of drug-likeness (QED) is 0.470. The minimum atomic E-state index is 0.525. The van der Waals surface area contributed by atoms with E-state index in [-0.39, 0.29) is 0 Å². The Morgan fingerprint density at radius 3 is 2.67 bits per heavy atom. The molecule has 4 nitrogen and oxygen atoms in total. The highest BCUT2D eigenvalue weighted by molar-refractivity contribution is 7.80. The van der Waals surface area contributed by atoms with Crippen molar-refractivity contribution in [3.63, 3.8) is 0 Å². The first-order valence-electron chi connectivity index (χ1n) is 6.06. The largest absolute Gasteiger partial charge is 0.494 e. The summed E-state index contributed by atoms with van der Waals surface area (Å²) >= 11 is 4.98. The summed E-state index contributed by atoms with van der Waals surface area (Å²) in [6.07, 6.45) is 2.72. The minimum Gasteiger partial charge on any atom is -0.494 e. The van der Waals surface area contributed by atoms with Gasteiger partial charge in [0.25, 0.3) is 0 Å². The van der Waals surface area contributed by atoms with Crippen LogP contribution in [0.2, 0.25) is 0 Å². The Hall–Kier alpha value is -1.62. The topological polar surface area (TPSA) is 45.6 Å². The lowest BCUT2D eigenvalue weighted by Gasteiger charge is -2.04. The lowest BCUT2D eigenvalue weighted by atomic mass is 10.2. The van der Waals surface area contributed by atoms with Crippen molar-refractivity contribution in [3.05, 3.63) is 29.8 Å². The summed E-state index contributed by atoms with van der Waals surface area (Å²) in [4.78, 5) is 0. The molecule has 0 unspecified atom stereocenters. The van der Waals surface area contributed by atoms with Gasteiger partial charge in [0.05, 0.1) is 12.8 Å². The molecular weight excluding hydrogens is 246 g/mol. The lowest BCUT2D eigenvalue weighted by molar-refractivity contribution is 0.317. The summed E-state index contributed by atoms with van der Waals surface area (Å²) in [5.41, 5.74) is 3.73. The summed E-state index contributed by atoms with van der Waals surface area (Å²) in [5, 5.41) is 7.51. The van der Waals surface area contributed by atoms with E-state index in [1.54, 1.807) is 6.21 Å². The average Bonchev–Trinajstić information content (AvgIpc) is 2.38. The van der Waals surface area contributed by atoms with Crippen LogP contribution in [-0.2, 0) is 0 Å². The molecule has 0 amide bonds. The van der Waals surface area contributed by atoms with Crippen molar-refractivity contribution in [2.24, 2.45) is 5.10 Å². The zero-order valence-corrected chi connectivity index (χ0v) is 11.6. The number of nitrogens with one attached hydrogen (secondary N) is 2. The van der Waals surface area contributed by atoms with Crippen LogP contribution in [-0.4, -0.2) is 24.5 Å². The first-order valence-corrected chi connectivity index (χ1v) is 6.46. The second-order valence-corrected chi connectivity index (χ2v) is 4.06. The Kier molecular flexibility index (Phi) is 6.79. The van der Waals surface area contributed by atoms with E-state index in [9.17, 15) is 0 Å². The lowest BCUT2D eigenvalue weighted by Crippen LogP contribution is -2.31. The molecule has 18 heavy (non-hydrogen) atoms. The summed E-state index contributed by atoms with van der Waals surface area (Å²) in [7, 11) is 0. The fraction of sp³-hybridized carbons (Fsp3) is 0.385. The molecule has 0 aliphatic carbocycles. The van der Waals surface area contributed by atoms with Crippen molar-refractivity contribution >= 4 is 23.5 Å². The monoisotopic (exact) mass is 265 g/mol. The van der Waals surface area contributed by atoms with Gasteiger partial charge in [0.2, 0.25) is 0 Å². The summed E-state index contributed by atoms with van der Waals surface area (Å²) in [6.45, 7) is 5.59. The molecule has 0 radical (unpaired) electrons. The predicted molar refractivity (Wildman–Crippen MR) is 79.2 cm³/mol. The summed E-state index contributed by atoms with van der Waals surface area (Å²) < 4.78 is 5.49. The third-order valence-electron chi connectivity index (χ3n) is 2.07. The molecule has 0 fully saturated rings. The standard InChI is InChI=1S/C13H19N3OS/c1-3-9-17-12-7-5-11(6-8-12)10-15-16-13(18)14-4-2/h5-8,10H,3-4,9H2,1-2H3,(H2,14,16,18). The Morgan fingerprint density at radius 2 is 2.06 bits per heavy atom. The summed E-state index contributed by atoms with van der Waals surface area (Å²) in [6, 6.07) is 7.76. The SMILES string of the molecule is CCCOc1ccc(C=NNC(=S)NCC)cc1. The van der Waals surface area contributed by atoms with Crippen molar-refractivity contribution in [1.29, 1.82) is 0 Å². The zero-order chi connectivity index (χ0) is 13.2. The molecule has 98 valence electrons. The van der Waals surface area contributed by atoms with E-state index < -0.39 is 0 Å². The van der Waals surface area contributed by atoms with E-state index in [4.69, 9.17) is 17.0 Å². The fourth-order valence-corrected chi connectivity index (χ4v) is 1.43. The van der Waals surface area contributed by atoms with Gasteiger partial charge in [0.1, 0.15) is 5.75 Å². The molecule has 0 saturated heterocycles. The Labute approximate surface area is 113 Å². The Bertz CT molecular complexity index is 390. The molecule has 2 N–H and O–H groups in total. The van der Waals surface area contributed by atoms with Gasteiger partial charge in [0, 0.05) is 6.54 Å². The molecule has 0 heterocycles. The predicted octanol–water partition coefficient (Wildman–Crippen LogP) is 2.29. The van der Waals surface area contributed by atoms with Crippen molar-refractivity contribution in [3.8, 4) is 5.75 Å². The smallest absolute Gasteiger partial charge is 0.186 e. The van der Waals surface area contributed by atoms with Gasteiger partial charge in [-0.2, -0.15) is 5.10 Å². The number of hydrazone groups is 1. The number of rotatable bonds is 6. The summed E-state index contributed by atoms with van der Waals surface area (Å²) in [5.74, 6) is 0.880. The molecule has 0 spiro atoms. The molecule has 0 bridgehead atoms. The number of nitrogens with zero attached hydrogens (tertiary/aromatic N) is 1. The van der Waals surface area contributed by atoms with Gasteiger partial charge in [-0.1, -0.05) is 6.92 Å². The first-order chi connectivity index (χ1) is 8.76. The minimum absolute atomic E-state index is 0.525. The highest BCUT2D eigenvalue weighted by Gasteiger charge is 1.93. The van der Waals surface area contributed by atoms with Crippen molar-refractivity contribution in [2.45, 2.75) is 20.3 Å². The van der Waals surface area contributed by atoms with Crippen LogP contribution >= 0.6 is 12.2 Å². The van der Waals surface area contributed by atoms with Gasteiger partial charge < -0.3 is 10.1 Å². The van der Waals surface area contributed by atoms with E-state index in [0.717, 1.165) is 30.9 Å². The highest BCUT2D eigenvalue weighted by Crippen LogP contribution is 2.11. The molecule has 0 atom stereocenters. The molecule has 0 aromatic heterocycles. The molecule has 1 rings (SSSR count). The van der Waals surface area contributed by atoms with Crippen molar-refractivity contribution in [2.75, 3.05) is 13.2 Å². The van der Waals surface area contributed by atoms with Gasteiger partial charge in [0.15, 0.2) is 5.11 Å². The molecule has 0 saturated carbocycles. The van der Waals surface area contributed by atoms with E-state index >= 15 is 0 Å². The van der Waals surface area contributed by atoms with Crippen LogP contribution in [0.15, 0.2) is 29.4 Å². The second-order valence-electron chi connectivity index (χ2n) is 3.65. The number of hydrogen-bond donors (Lipinski definition) is 2. The van der Waals surface area contributed by atoms with Crippen LogP contribution < -0.4 is 15.5 Å². The van der Waals surface area contributed by atoms with Crippen LogP contribution in [0.3, 0.4) is 0 Å². The van der Waals surface area contributed by atoms with E-state index in [0.29, 0.717) is 5.11 Å². The third-order valence-corrected chi connectivity index (χ3v) is 2.31. The van der Waals surface area contributed by atoms with Crippen molar-refractivity contribution < 1.29 is 4.74 Å². The van der Waals surface area contributed by atoms with Crippen LogP contribution in [0.1, 0.15) is 25.8 Å². The Morgan fingerprint density at radius 1 is 1.33 bits per heavy atom. The third kappa shape index (κ3) is 5.63. The van der Waals surface area contributed by atoms with E-state index in [2.05, 4.69) is 22.8 Å². The zero-order valence-electron chi connectivity index (χ0n) is 10.8. The average molecular weight is 265 g/mol. The maximum absolute atomic E-state index is 5.49. The molecule has 0 aliphatic heterocycles. The Balaban J connectivity index is 2.43. The number of thiocarbonyl (C=S) groups is 1. The fourth-order valence-electron chi connectivity index (χ4n) is 1.24. The van der Waals surface area contributed by atoms with Gasteiger partial charge >= 0.3 is 0 Å². The van der Waals surface area contributed by atoms with Gasteiger partial charge in [-0.3, -0.25) is 5.43 Å². The maximum atomic E-state index is 5.49. The molecule has 1 aromatic carbocycles. The van der Waals surface area contributed by atoms with Crippen LogP contribution in [0, 0.1) is 0 Å². The second kappa shape index (κ2) is 8.47. The molecular formula is C13H19N3OS. The van der Waals surface area contributed by atoms with Gasteiger partial charge in [-0.25, -0.2) is 0 Å². The van der Waals surface area contributed by atoms with Gasteiger partial charge in [-0.15, -0.1) is 0 Å². The first kappa shape index (κ1) is 14.4. The number of hydrogen-bond acceptors (Lipinski definition) is 3. The number of ether oxygens (including phenoxy) is 1. The van der Waals surface area contributed by atoms with Crippen LogP contribution in [0.4, 0.5) is 0 Å². The van der Waals surface area contributed by atoms with Crippen LogP contribution in [0.5, 0.6) is 5.75 Å². The maximum Gasteiger partial charge on any atom is 0.186 e. The normalized spacial score (nSPS) is 10.3. The molecule has 1 aromatic rings. The van der Waals surface area contributed by atoms with Crippen LogP contribution in [0.25, 0.3) is 0 Å². The van der Waals surface area contributed by atoms with E-state index in [1.807, 2.05) is 31.2 Å². The highest BCUT2D eigenvalue weighted by atomic mass is 32.1. The van der Waals surface area contributed by atoms with E-state index in [1.165, 1.54) is 0 Å². The number of benzene rings is 1. The molecule has 0 aliphatic rings. The van der Waals surface area contributed by atoms with Gasteiger partial charge in [-0.05, 0) is 55.4 Å².